The van der Waals surface area contributed by atoms with Gasteiger partial charge in [0.25, 0.3) is 11.5 Å². The summed E-state index contributed by atoms with van der Waals surface area (Å²) in [4.78, 5) is 36.1. The van der Waals surface area contributed by atoms with E-state index in [0.717, 1.165) is 6.07 Å². The Labute approximate surface area is 196 Å². The predicted molar refractivity (Wildman–Crippen MR) is 117 cm³/mol. The number of methoxy groups -OCH3 is 1. The zero-order valence-corrected chi connectivity index (χ0v) is 19.0. The number of H-pyrrole nitrogens is 1. The van der Waals surface area contributed by atoms with Crippen LogP contribution in [-0.2, 0) is 10.9 Å². The molecule has 12 heteroatoms. The Morgan fingerprint density at radius 2 is 1.89 bits per heavy atom. The summed E-state index contributed by atoms with van der Waals surface area (Å²) in [5.41, 5.74) is -2.20. The lowest BCUT2D eigenvalue weighted by atomic mass is 10.1. The molecule has 0 bridgehead atoms. The average Bonchev–Trinajstić information content (AvgIpc) is 3.18. The Balaban J connectivity index is 1.58. The molecule has 0 unspecified atom stereocenters. The van der Waals surface area contributed by atoms with Gasteiger partial charge in [0.1, 0.15) is 30.0 Å². The van der Waals surface area contributed by atoms with Gasteiger partial charge in [-0.2, -0.15) is 13.2 Å². The summed E-state index contributed by atoms with van der Waals surface area (Å²) < 4.78 is 65.8. The number of benzene rings is 1. The number of nitrogens with zero attached hydrogens (tertiary/aromatic N) is 3. The smallest absolute Gasteiger partial charge is 0.433 e. The highest BCUT2D eigenvalue weighted by molar-refractivity contribution is 5.94. The highest BCUT2D eigenvalue weighted by atomic mass is 19.4. The number of aryl methyl sites for hydroxylation is 1. The summed E-state index contributed by atoms with van der Waals surface area (Å²) in [6.45, 7) is 2.87. The molecule has 1 aliphatic rings. The number of aromatic nitrogens is 3. The number of ether oxygens (including phenoxy) is 2. The Hall–Kier alpha value is -3.54. The maximum atomic E-state index is 13.9. The lowest BCUT2D eigenvalue weighted by molar-refractivity contribution is -0.142. The van der Waals surface area contributed by atoms with Gasteiger partial charge in [-0.25, -0.2) is 14.4 Å². The van der Waals surface area contributed by atoms with E-state index >= 15 is 0 Å². The molecule has 3 aromatic rings. The second-order valence-corrected chi connectivity index (χ2v) is 8.23. The largest absolute Gasteiger partial charge is 0.486 e. The molecule has 0 radical (unpaired) electrons. The molecule has 4 rings (SSSR count). The fraction of sp³-hybridized carbons (Fsp3) is 0.391. The first kappa shape index (κ1) is 24.6. The van der Waals surface area contributed by atoms with Crippen LogP contribution in [0.25, 0.3) is 11.0 Å². The predicted octanol–water partition coefficient (Wildman–Crippen LogP) is 3.59. The second kappa shape index (κ2) is 9.25. The van der Waals surface area contributed by atoms with Crippen LogP contribution in [0.2, 0.25) is 0 Å². The van der Waals surface area contributed by atoms with Crippen LogP contribution in [0, 0.1) is 6.92 Å². The SMILES string of the molecule is CO[C@H]1CN(C(=O)c2ccc(O[C@H](C)c3cc4c(=O)[nH]c(C)nc4nc3C(F)(F)F)cc2)C[C@@H]1F. The van der Waals surface area contributed by atoms with Crippen LogP contribution in [0.15, 0.2) is 35.1 Å². The van der Waals surface area contributed by atoms with Crippen LogP contribution in [0.4, 0.5) is 17.6 Å². The lowest BCUT2D eigenvalue weighted by Gasteiger charge is -2.20. The molecule has 1 aliphatic heterocycles. The normalized spacial score (nSPS) is 19.2. The van der Waals surface area contributed by atoms with Crippen LogP contribution < -0.4 is 10.3 Å². The topological polar surface area (TPSA) is 97.4 Å². The van der Waals surface area contributed by atoms with Gasteiger partial charge in [0.05, 0.1) is 18.5 Å². The number of carbonyl (C=O) groups excluding carboxylic acids is 1. The minimum Gasteiger partial charge on any atom is -0.486 e. The van der Waals surface area contributed by atoms with Gasteiger partial charge in [-0.1, -0.05) is 0 Å². The summed E-state index contributed by atoms with van der Waals surface area (Å²) in [5.74, 6) is -0.0619. The van der Waals surface area contributed by atoms with Gasteiger partial charge in [0.15, 0.2) is 11.3 Å². The molecule has 0 spiro atoms. The van der Waals surface area contributed by atoms with Gasteiger partial charge in [-0.05, 0) is 44.2 Å². The molecular weight excluding hydrogens is 472 g/mol. The van der Waals surface area contributed by atoms with Crippen molar-refractivity contribution in [3.63, 3.8) is 0 Å². The van der Waals surface area contributed by atoms with E-state index in [1.165, 1.54) is 50.1 Å². The van der Waals surface area contributed by atoms with Crippen molar-refractivity contribution in [3.05, 3.63) is 63.3 Å². The van der Waals surface area contributed by atoms with Crippen molar-refractivity contribution in [2.45, 2.75) is 38.4 Å². The van der Waals surface area contributed by atoms with Crippen molar-refractivity contribution < 1.29 is 31.8 Å². The zero-order chi connectivity index (χ0) is 25.5. The maximum absolute atomic E-state index is 13.9. The van der Waals surface area contributed by atoms with Gasteiger partial charge in [-0.3, -0.25) is 9.59 Å². The van der Waals surface area contributed by atoms with Gasteiger partial charge >= 0.3 is 6.18 Å². The quantitative estimate of drug-likeness (QED) is 0.545. The average molecular weight is 494 g/mol. The minimum atomic E-state index is -4.81. The van der Waals surface area contributed by atoms with Crippen LogP contribution in [0.5, 0.6) is 5.75 Å². The Morgan fingerprint density at radius 1 is 1.20 bits per heavy atom. The monoisotopic (exact) mass is 494 g/mol. The molecule has 35 heavy (non-hydrogen) atoms. The molecule has 0 saturated carbocycles. The number of rotatable bonds is 5. The van der Waals surface area contributed by atoms with E-state index < -0.39 is 41.7 Å². The van der Waals surface area contributed by atoms with Crippen LogP contribution in [0.3, 0.4) is 0 Å². The molecule has 1 amide bonds. The summed E-state index contributed by atoms with van der Waals surface area (Å²) in [7, 11) is 1.38. The summed E-state index contributed by atoms with van der Waals surface area (Å²) in [6.07, 6.45) is -7.91. The molecule has 3 atom stereocenters. The van der Waals surface area contributed by atoms with Gasteiger partial charge < -0.3 is 19.4 Å². The molecule has 1 aromatic carbocycles. The molecular formula is C23H22F4N4O4. The number of nitrogens with one attached hydrogen (secondary N) is 1. The third-order valence-corrected chi connectivity index (χ3v) is 5.75. The standard InChI is InChI=1S/C23H22F4N4O4/c1-11(15-8-16-20(28-12(2)29-21(16)32)30-19(15)23(25,26)27)35-14-6-4-13(5-7-14)22(33)31-9-17(24)18(10-31)34-3/h4-8,11,17-18H,9-10H2,1-3H3,(H,28,29,30,32)/t11-,17+,18+/m1/s1. The highest BCUT2D eigenvalue weighted by Gasteiger charge is 2.38. The molecule has 186 valence electrons. The number of halogens is 4. The van der Waals surface area contributed by atoms with Crippen molar-refractivity contribution >= 4 is 16.9 Å². The Morgan fingerprint density at radius 3 is 2.49 bits per heavy atom. The van der Waals surface area contributed by atoms with Crippen molar-refractivity contribution in [1.29, 1.82) is 0 Å². The number of hydrogen-bond acceptors (Lipinski definition) is 6. The molecule has 1 saturated heterocycles. The molecule has 3 heterocycles. The van der Waals surface area contributed by atoms with Gasteiger partial charge in [0.2, 0.25) is 0 Å². The molecule has 1 fully saturated rings. The van der Waals surface area contributed by atoms with Crippen molar-refractivity contribution in [2.24, 2.45) is 0 Å². The van der Waals surface area contributed by atoms with Gasteiger partial charge in [-0.15, -0.1) is 0 Å². The number of amides is 1. The van der Waals surface area contributed by atoms with Crippen molar-refractivity contribution in [1.82, 2.24) is 19.9 Å². The van der Waals surface area contributed by atoms with E-state index in [0.29, 0.717) is 0 Å². The van der Waals surface area contributed by atoms with Crippen LogP contribution in [0.1, 0.15) is 40.5 Å². The first-order valence-corrected chi connectivity index (χ1v) is 10.7. The third kappa shape index (κ3) is 4.97. The fourth-order valence-corrected chi connectivity index (χ4v) is 3.98. The van der Waals surface area contributed by atoms with Crippen LogP contribution >= 0.6 is 0 Å². The number of fused-ring (bicyclic) bond motifs is 1. The van der Waals surface area contributed by atoms with Crippen LogP contribution in [-0.4, -0.2) is 58.2 Å². The third-order valence-electron chi connectivity index (χ3n) is 5.75. The highest BCUT2D eigenvalue weighted by Crippen LogP contribution is 2.36. The Kier molecular flexibility index (Phi) is 6.50. The maximum Gasteiger partial charge on any atom is 0.433 e. The van der Waals surface area contributed by atoms with Crippen molar-refractivity contribution in [3.8, 4) is 5.75 Å². The summed E-state index contributed by atoms with van der Waals surface area (Å²) in [6, 6.07) is 6.82. The zero-order valence-electron chi connectivity index (χ0n) is 19.0. The van der Waals surface area contributed by atoms with Crippen molar-refractivity contribution in [2.75, 3.05) is 20.2 Å². The molecule has 1 N–H and O–H groups in total. The van der Waals surface area contributed by atoms with E-state index in [4.69, 9.17) is 9.47 Å². The first-order chi connectivity index (χ1) is 16.5. The number of alkyl halides is 4. The van der Waals surface area contributed by atoms with E-state index in [1.54, 1.807) is 0 Å². The first-order valence-electron chi connectivity index (χ1n) is 10.7. The summed E-state index contributed by atoms with van der Waals surface area (Å²) in [5, 5.41) is -0.0962. The fourth-order valence-electron chi connectivity index (χ4n) is 3.98. The second-order valence-electron chi connectivity index (χ2n) is 8.23. The Bertz CT molecular complexity index is 1310. The van der Waals surface area contributed by atoms with Gasteiger partial charge in [0, 0.05) is 18.2 Å². The van der Waals surface area contributed by atoms with E-state index in [2.05, 4.69) is 15.0 Å². The lowest BCUT2D eigenvalue weighted by Crippen LogP contribution is -2.29. The van der Waals surface area contributed by atoms with E-state index in [9.17, 15) is 27.2 Å². The van der Waals surface area contributed by atoms with E-state index in [-0.39, 0.29) is 46.8 Å². The van der Waals surface area contributed by atoms with E-state index in [1.807, 2.05) is 0 Å². The number of pyridine rings is 1. The number of aromatic amines is 1. The molecule has 0 aliphatic carbocycles. The minimum absolute atomic E-state index is 0.0880. The number of likely N-dealkylation sites (tertiary alicyclic amines) is 1. The summed E-state index contributed by atoms with van der Waals surface area (Å²) >= 11 is 0. The number of hydrogen-bond donors (Lipinski definition) is 1. The molecule has 8 nitrogen and oxygen atoms in total. The number of carbonyl (C=O) groups is 1. The molecule has 2 aromatic heterocycles.